The molecule has 0 unspecified atom stereocenters. The Labute approximate surface area is 162 Å². The number of ether oxygens (including phenoxy) is 2. The van der Waals surface area contributed by atoms with Crippen LogP contribution in [0.3, 0.4) is 0 Å². The van der Waals surface area contributed by atoms with E-state index in [2.05, 4.69) is 15.1 Å². The molecule has 2 heterocycles. The van der Waals surface area contributed by atoms with E-state index in [1.807, 2.05) is 0 Å². The normalized spacial score (nSPS) is 12.1. The number of benzene rings is 1. The molecule has 29 heavy (non-hydrogen) atoms. The maximum atomic E-state index is 13.2. The second-order valence-electron chi connectivity index (χ2n) is 5.56. The van der Waals surface area contributed by atoms with E-state index in [9.17, 15) is 21.6 Å². The van der Waals surface area contributed by atoms with Crippen LogP contribution in [-0.4, -0.2) is 46.9 Å². The first-order valence-corrected chi connectivity index (χ1v) is 9.19. The largest absolute Gasteiger partial charge is 0.497 e. The molecule has 0 radical (unpaired) electrons. The van der Waals surface area contributed by atoms with Gasteiger partial charge in [0.05, 0.1) is 26.0 Å². The number of rotatable bonds is 5. The van der Waals surface area contributed by atoms with Crippen molar-refractivity contribution in [3.63, 3.8) is 0 Å². The van der Waals surface area contributed by atoms with E-state index in [0.29, 0.717) is 5.75 Å². The van der Waals surface area contributed by atoms with Gasteiger partial charge in [0, 0.05) is 6.07 Å². The van der Waals surface area contributed by atoms with Crippen molar-refractivity contribution in [1.82, 2.24) is 19.7 Å². The summed E-state index contributed by atoms with van der Waals surface area (Å²) >= 11 is 0. The molecule has 154 valence electrons. The predicted molar refractivity (Wildman–Crippen MR) is 92.5 cm³/mol. The van der Waals surface area contributed by atoms with Crippen LogP contribution >= 0.6 is 0 Å². The highest BCUT2D eigenvalue weighted by Crippen LogP contribution is 2.35. The molecule has 0 aliphatic rings. The first-order valence-electron chi connectivity index (χ1n) is 7.75. The summed E-state index contributed by atoms with van der Waals surface area (Å²) in [4.78, 5) is 6.81. The summed E-state index contributed by atoms with van der Waals surface area (Å²) in [5, 5.41) is 3.46. The third-order valence-corrected chi connectivity index (χ3v) is 4.58. The Morgan fingerprint density at radius 3 is 2.34 bits per heavy atom. The van der Waals surface area contributed by atoms with Gasteiger partial charge in [0.25, 0.3) is 15.9 Å². The smallest absolute Gasteiger partial charge is 0.453 e. The molecule has 3 rings (SSSR count). The Bertz CT molecular complexity index is 1140. The number of nitrogens with zero attached hydrogens (tertiary/aromatic N) is 4. The molecular formula is C16H13F3N4O5S. The minimum Gasteiger partial charge on any atom is -0.497 e. The number of hydrogen-bond acceptors (Lipinski definition) is 7. The average Bonchev–Trinajstić information content (AvgIpc) is 3.12. The number of halogens is 3. The molecule has 0 amide bonds. The van der Waals surface area contributed by atoms with Crippen molar-refractivity contribution in [2.45, 2.75) is 11.1 Å². The van der Waals surface area contributed by atoms with Crippen LogP contribution in [0, 0.1) is 0 Å². The zero-order chi connectivity index (χ0) is 21.4. The van der Waals surface area contributed by atoms with Gasteiger partial charge in [-0.2, -0.15) is 26.3 Å². The van der Waals surface area contributed by atoms with Gasteiger partial charge >= 0.3 is 6.18 Å². The zero-order valence-electron chi connectivity index (χ0n) is 14.9. The average molecular weight is 430 g/mol. The van der Waals surface area contributed by atoms with E-state index < -0.39 is 27.0 Å². The van der Waals surface area contributed by atoms with E-state index >= 15 is 0 Å². The zero-order valence-corrected chi connectivity index (χ0v) is 15.7. The van der Waals surface area contributed by atoms with Crippen molar-refractivity contribution in [1.29, 1.82) is 0 Å². The third-order valence-electron chi connectivity index (χ3n) is 3.75. The highest BCUT2D eigenvalue weighted by Gasteiger charge is 2.38. The molecular weight excluding hydrogens is 417 g/mol. The molecule has 0 spiro atoms. The van der Waals surface area contributed by atoms with Gasteiger partial charge in [0.15, 0.2) is 11.6 Å². The van der Waals surface area contributed by atoms with Gasteiger partial charge in [-0.3, -0.25) is 4.55 Å². The molecule has 0 saturated heterocycles. The molecule has 0 atom stereocenters. The minimum absolute atomic E-state index is 0.159. The van der Waals surface area contributed by atoms with Crippen LogP contribution in [0.15, 0.2) is 41.4 Å². The summed E-state index contributed by atoms with van der Waals surface area (Å²) < 4.78 is 82.1. The Morgan fingerprint density at radius 2 is 1.83 bits per heavy atom. The maximum Gasteiger partial charge on any atom is 0.453 e. The summed E-state index contributed by atoms with van der Waals surface area (Å²) in [5.74, 6) is -1.26. The molecule has 0 bridgehead atoms. The monoisotopic (exact) mass is 430 g/mol. The maximum absolute atomic E-state index is 13.2. The van der Waals surface area contributed by atoms with Gasteiger partial charge in [-0.25, -0.2) is 9.97 Å². The van der Waals surface area contributed by atoms with Crippen molar-refractivity contribution < 1.29 is 35.6 Å². The first kappa shape index (κ1) is 20.5. The van der Waals surface area contributed by atoms with Crippen molar-refractivity contribution in [2.75, 3.05) is 14.2 Å². The Hall–Kier alpha value is -3.19. The lowest BCUT2D eigenvalue weighted by atomic mass is 10.1. The lowest BCUT2D eigenvalue weighted by Gasteiger charge is -2.11. The van der Waals surface area contributed by atoms with Crippen LogP contribution in [0.4, 0.5) is 13.2 Å². The number of pyridine rings is 1. The molecule has 3 aromatic rings. The van der Waals surface area contributed by atoms with Crippen molar-refractivity contribution in [2.24, 2.45) is 0 Å². The topological polar surface area (TPSA) is 116 Å². The summed E-state index contributed by atoms with van der Waals surface area (Å²) in [6.45, 7) is 0. The lowest BCUT2D eigenvalue weighted by Crippen LogP contribution is -2.09. The van der Waals surface area contributed by atoms with Gasteiger partial charge in [-0.1, -0.05) is 0 Å². The number of alkyl halides is 3. The second kappa shape index (κ2) is 7.33. The highest BCUT2D eigenvalue weighted by molar-refractivity contribution is 7.85. The van der Waals surface area contributed by atoms with Crippen LogP contribution in [0.2, 0.25) is 0 Å². The number of aromatic nitrogens is 4. The van der Waals surface area contributed by atoms with Crippen LogP contribution in [0.25, 0.3) is 17.2 Å². The van der Waals surface area contributed by atoms with Gasteiger partial charge < -0.3 is 9.47 Å². The van der Waals surface area contributed by atoms with Gasteiger partial charge in [-0.05, 0) is 24.3 Å². The van der Waals surface area contributed by atoms with E-state index in [-0.39, 0.29) is 23.0 Å². The molecule has 9 nitrogen and oxygen atoms in total. The molecule has 0 aliphatic carbocycles. The molecule has 1 aromatic carbocycles. The molecule has 0 aliphatic heterocycles. The number of methoxy groups -OCH3 is 2. The van der Waals surface area contributed by atoms with Gasteiger partial charge in [0.1, 0.15) is 16.4 Å². The summed E-state index contributed by atoms with van der Waals surface area (Å²) in [6.07, 6.45) is -4.05. The SMILES string of the molecule is COc1ccc(-c2nc(C(F)(F)F)nn2-c2ccc(S(=O)(=O)O)cn2)c(OC)c1. The second-order valence-corrected chi connectivity index (χ2v) is 6.98. The quantitative estimate of drug-likeness (QED) is 0.614. The van der Waals surface area contributed by atoms with Crippen LogP contribution in [0.1, 0.15) is 5.82 Å². The molecule has 2 aromatic heterocycles. The molecule has 1 N–H and O–H groups in total. The van der Waals surface area contributed by atoms with Crippen molar-refractivity contribution >= 4 is 10.1 Å². The summed E-state index contributed by atoms with van der Waals surface area (Å²) in [5.41, 5.74) is 0.164. The van der Waals surface area contributed by atoms with Crippen LogP contribution in [-0.2, 0) is 16.3 Å². The van der Waals surface area contributed by atoms with Gasteiger partial charge in [0.2, 0.25) is 0 Å². The fraction of sp³-hybridized carbons (Fsp3) is 0.188. The van der Waals surface area contributed by atoms with Crippen molar-refractivity contribution in [3.8, 4) is 28.7 Å². The van der Waals surface area contributed by atoms with E-state index in [4.69, 9.17) is 14.0 Å². The highest BCUT2D eigenvalue weighted by atomic mass is 32.2. The van der Waals surface area contributed by atoms with E-state index in [1.54, 1.807) is 0 Å². The van der Waals surface area contributed by atoms with Crippen LogP contribution < -0.4 is 9.47 Å². The van der Waals surface area contributed by atoms with E-state index in [1.165, 1.54) is 32.4 Å². The third kappa shape index (κ3) is 4.14. The first-order chi connectivity index (χ1) is 13.5. The summed E-state index contributed by atoms with van der Waals surface area (Å²) in [7, 11) is -1.78. The fourth-order valence-electron chi connectivity index (χ4n) is 2.40. The lowest BCUT2D eigenvalue weighted by molar-refractivity contribution is -0.144. The predicted octanol–water partition coefficient (Wildman–Crippen LogP) is 2.61. The Kier molecular flexibility index (Phi) is 5.19. The van der Waals surface area contributed by atoms with Crippen molar-refractivity contribution in [3.05, 3.63) is 42.4 Å². The van der Waals surface area contributed by atoms with E-state index in [0.717, 1.165) is 23.0 Å². The summed E-state index contributed by atoms with van der Waals surface area (Å²) in [6, 6.07) is 6.44. The van der Waals surface area contributed by atoms with Crippen LogP contribution in [0.5, 0.6) is 11.5 Å². The minimum atomic E-state index is -4.84. The molecule has 0 fully saturated rings. The molecule has 0 saturated carbocycles. The Morgan fingerprint density at radius 1 is 1.10 bits per heavy atom. The van der Waals surface area contributed by atoms with Gasteiger partial charge in [-0.15, -0.1) is 5.10 Å². The standard InChI is InChI=1S/C16H13F3N4O5S/c1-27-9-3-5-11(12(7-9)28-2)14-21-15(16(17,18)19)22-23(14)13-6-4-10(8-20-13)29(24,25)26/h3-8H,1-2H3,(H,24,25,26). The molecule has 13 heteroatoms. The number of hydrogen-bond donors (Lipinski definition) is 1. The Balaban J connectivity index is 2.22. The fourth-order valence-corrected chi connectivity index (χ4v) is 2.83.